The highest BCUT2D eigenvalue weighted by atomic mass is 16.3. The molecule has 7 atom stereocenters. The summed E-state index contributed by atoms with van der Waals surface area (Å²) in [5.41, 5.74) is 1.98. The summed E-state index contributed by atoms with van der Waals surface area (Å²) >= 11 is 0. The molecule has 1 aromatic carbocycles. The number of Topliss-reactive ketones (excluding diaryl/α,β-unsaturated/α-hetero) is 1. The molecule has 4 aliphatic rings. The van der Waals surface area contributed by atoms with E-state index in [0.29, 0.717) is 23.5 Å². The maximum absolute atomic E-state index is 13.0. The van der Waals surface area contributed by atoms with Gasteiger partial charge < -0.3 is 5.11 Å². The second-order valence-corrected chi connectivity index (χ2v) is 11.3. The van der Waals surface area contributed by atoms with Gasteiger partial charge in [0.25, 0.3) is 0 Å². The van der Waals surface area contributed by atoms with Crippen LogP contribution in [0.25, 0.3) is 6.08 Å². The average molecular weight is 393 g/mol. The van der Waals surface area contributed by atoms with Crippen LogP contribution in [0.3, 0.4) is 0 Å². The van der Waals surface area contributed by atoms with E-state index >= 15 is 0 Å². The van der Waals surface area contributed by atoms with Gasteiger partial charge in [-0.3, -0.25) is 4.79 Å². The zero-order chi connectivity index (χ0) is 20.4. The van der Waals surface area contributed by atoms with Crippen molar-refractivity contribution in [1.82, 2.24) is 0 Å². The summed E-state index contributed by atoms with van der Waals surface area (Å²) in [4.78, 5) is 13.0. The summed E-state index contributed by atoms with van der Waals surface area (Å²) < 4.78 is 0. The van der Waals surface area contributed by atoms with Crippen LogP contribution in [0.2, 0.25) is 0 Å². The Bertz CT molecular complexity index is 837. The summed E-state index contributed by atoms with van der Waals surface area (Å²) in [5, 5.41) is 11.1. The van der Waals surface area contributed by atoms with Gasteiger partial charge in [-0.25, -0.2) is 0 Å². The highest BCUT2D eigenvalue weighted by Gasteiger charge is 2.63. The summed E-state index contributed by atoms with van der Waals surface area (Å²) in [6.07, 6.45) is 10.8. The molecule has 0 aliphatic heterocycles. The SMILES string of the molecule is CC12C/C(=C\c3ccccc3)C(=O)C[C@@H]1CCC1C2CCC2(C)C1CC[C@]2(C)O. The Morgan fingerprint density at radius 1 is 0.966 bits per heavy atom. The number of fused-ring (bicyclic) bond motifs is 5. The van der Waals surface area contributed by atoms with Crippen LogP contribution in [0, 0.1) is 34.5 Å². The Hall–Kier alpha value is -1.41. The standard InChI is InChI=1S/C27H36O2/c1-25-17-19(15-18-7-5-4-6-8-18)24(28)16-20(25)9-10-21-22(25)11-13-26(2)23(21)12-14-27(26,3)29/h4-8,15,20-23,29H,9-14,16-17H2,1-3H3/b19-15+/t20-,21?,22?,23?,25?,26?,27-/m0/s1. The van der Waals surface area contributed by atoms with Gasteiger partial charge in [0.2, 0.25) is 0 Å². The molecule has 0 radical (unpaired) electrons. The first-order chi connectivity index (χ1) is 13.7. The van der Waals surface area contributed by atoms with Crippen LogP contribution in [0.4, 0.5) is 0 Å². The molecule has 0 heterocycles. The molecular formula is C27H36O2. The van der Waals surface area contributed by atoms with Crippen LogP contribution in [0.5, 0.6) is 0 Å². The van der Waals surface area contributed by atoms with Crippen molar-refractivity contribution in [3.05, 3.63) is 41.5 Å². The van der Waals surface area contributed by atoms with Crippen LogP contribution in [0.15, 0.2) is 35.9 Å². The van der Waals surface area contributed by atoms with Gasteiger partial charge in [0.1, 0.15) is 0 Å². The lowest BCUT2D eigenvalue weighted by Gasteiger charge is -2.61. The molecule has 0 spiro atoms. The monoisotopic (exact) mass is 392 g/mol. The number of hydrogen-bond acceptors (Lipinski definition) is 2. The van der Waals surface area contributed by atoms with Gasteiger partial charge in [0, 0.05) is 6.42 Å². The lowest BCUT2D eigenvalue weighted by molar-refractivity contribution is -0.147. The third kappa shape index (κ3) is 2.81. The van der Waals surface area contributed by atoms with E-state index in [4.69, 9.17) is 0 Å². The minimum absolute atomic E-state index is 0.0740. The van der Waals surface area contributed by atoms with Gasteiger partial charge in [-0.05, 0) is 104 Å². The normalized spacial score (nSPS) is 48.1. The second kappa shape index (κ2) is 6.54. The number of allylic oxidation sites excluding steroid dienone is 1. The third-order valence-electron chi connectivity index (χ3n) is 10.1. The molecule has 5 unspecified atom stereocenters. The summed E-state index contributed by atoms with van der Waals surface area (Å²) in [7, 11) is 0. The summed E-state index contributed by atoms with van der Waals surface area (Å²) in [6, 6.07) is 10.3. The lowest BCUT2D eigenvalue weighted by Crippen LogP contribution is -2.56. The number of rotatable bonds is 1. The highest BCUT2D eigenvalue weighted by molar-refractivity contribution is 6.00. The summed E-state index contributed by atoms with van der Waals surface area (Å²) in [6.45, 7) is 6.94. The maximum Gasteiger partial charge on any atom is 0.159 e. The zero-order valence-electron chi connectivity index (χ0n) is 18.3. The van der Waals surface area contributed by atoms with Crippen LogP contribution in [-0.2, 0) is 4.79 Å². The molecular weight excluding hydrogens is 356 g/mol. The predicted octanol–water partition coefficient (Wildman–Crippen LogP) is 6.04. The molecule has 1 N–H and O–H groups in total. The molecule has 5 rings (SSSR count). The zero-order valence-corrected chi connectivity index (χ0v) is 18.3. The van der Waals surface area contributed by atoms with Crippen molar-refractivity contribution in [2.24, 2.45) is 34.5 Å². The van der Waals surface area contributed by atoms with Gasteiger partial charge in [-0.1, -0.05) is 44.2 Å². The molecule has 4 aliphatic carbocycles. The van der Waals surface area contributed by atoms with Crippen LogP contribution >= 0.6 is 0 Å². The first kappa shape index (κ1) is 19.5. The number of hydrogen-bond donors (Lipinski definition) is 1. The fourth-order valence-corrected chi connectivity index (χ4v) is 8.13. The third-order valence-corrected chi connectivity index (χ3v) is 10.1. The van der Waals surface area contributed by atoms with Crippen molar-refractivity contribution >= 4 is 11.9 Å². The second-order valence-electron chi connectivity index (χ2n) is 11.3. The van der Waals surface area contributed by atoms with E-state index in [9.17, 15) is 9.90 Å². The topological polar surface area (TPSA) is 37.3 Å². The fraction of sp³-hybridized carbons (Fsp3) is 0.667. The Kier molecular flexibility index (Phi) is 4.41. The Labute approximate surface area is 175 Å². The molecule has 156 valence electrons. The fourth-order valence-electron chi connectivity index (χ4n) is 8.13. The van der Waals surface area contributed by atoms with E-state index < -0.39 is 5.60 Å². The molecule has 0 bridgehead atoms. The van der Waals surface area contributed by atoms with Crippen molar-refractivity contribution in [3.8, 4) is 0 Å². The van der Waals surface area contributed by atoms with Crippen LogP contribution < -0.4 is 0 Å². The van der Waals surface area contributed by atoms with Gasteiger partial charge in [0.15, 0.2) is 5.78 Å². The molecule has 0 amide bonds. The predicted molar refractivity (Wildman–Crippen MR) is 117 cm³/mol. The van der Waals surface area contributed by atoms with Crippen LogP contribution in [0.1, 0.15) is 77.7 Å². The minimum atomic E-state index is -0.513. The first-order valence-electron chi connectivity index (χ1n) is 11.8. The number of carbonyl (C=O) groups excluding carboxylic acids is 1. The summed E-state index contributed by atoms with van der Waals surface area (Å²) in [5.74, 6) is 2.97. The van der Waals surface area contributed by atoms with Gasteiger partial charge in [-0.2, -0.15) is 0 Å². The number of carbonyl (C=O) groups is 1. The van der Waals surface area contributed by atoms with Crippen molar-refractivity contribution in [1.29, 1.82) is 0 Å². The van der Waals surface area contributed by atoms with E-state index in [0.717, 1.165) is 42.7 Å². The molecule has 4 saturated carbocycles. The van der Waals surface area contributed by atoms with Crippen LogP contribution in [-0.4, -0.2) is 16.5 Å². The molecule has 0 saturated heterocycles. The first-order valence-corrected chi connectivity index (χ1v) is 11.8. The number of ketones is 1. The molecule has 4 fully saturated rings. The lowest BCUT2D eigenvalue weighted by atomic mass is 9.44. The number of aliphatic hydroxyl groups is 1. The van der Waals surface area contributed by atoms with Crippen molar-refractivity contribution in [3.63, 3.8) is 0 Å². The van der Waals surface area contributed by atoms with Crippen molar-refractivity contribution in [2.45, 2.75) is 77.7 Å². The van der Waals surface area contributed by atoms with E-state index in [1.807, 2.05) is 6.07 Å². The Morgan fingerprint density at radius 3 is 2.45 bits per heavy atom. The van der Waals surface area contributed by atoms with E-state index in [2.05, 4.69) is 51.1 Å². The molecule has 1 aromatic rings. The van der Waals surface area contributed by atoms with Gasteiger partial charge in [0.05, 0.1) is 5.60 Å². The van der Waals surface area contributed by atoms with E-state index in [1.54, 1.807) is 0 Å². The van der Waals surface area contributed by atoms with E-state index in [1.165, 1.54) is 25.7 Å². The smallest absolute Gasteiger partial charge is 0.159 e. The maximum atomic E-state index is 13.0. The molecule has 0 aromatic heterocycles. The average Bonchev–Trinajstić information content (AvgIpc) is 2.93. The quantitative estimate of drug-likeness (QED) is 0.591. The highest BCUT2D eigenvalue weighted by Crippen LogP contribution is 2.68. The number of benzene rings is 1. The van der Waals surface area contributed by atoms with E-state index in [-0.39, 0.29) is 10.8 Å². The minimum Gasteiger partial charge on any atom is -0.390 e. The van der Waals surface area contributed by atoms with Gasteiger partial charge in [-0.15, -0.1) is 0 Å². The largest absolute Gasteiger partial charge is 0.390 e. The van der Waals surface area contributed by atoms with Crippen molar-refractivity contribution in [2.75, 3.05) is 0 Å². The Balaban J connectivity index is 1.46. The molecule has 2 nitrogen and oxygen atoms in total. The van der Waals surface area contributed by atoms with Crippen molar-refractivity contribution < 1.29 is 9.90 Å². The molecule has 29 heavy (non-hydrogen) atoms. The van der Waals surface area contributed by atoms with Gasteiger partial charge >= 0.3 is 0 Å². The Morgan fingerprint density at radius 2 is 1.69 bits per heavy atom. The molecule has 2 heteroatoms.